The van der Waals surface area contributed by atoms with Crippen molar-refractivity contribution in [2.75, 3.05) is 0 Å². The quantitative estimate of drug-likeness (QED) is 0.422. The van der Waals surface area contributed by atoms with Crippen LogP contribution in [0.1, 0.15) is 11.1 Å². The fourth-order valence-corrected chi connectivity index (χ4v) is 3.01. The molecule has 1 heteroatoms. The topological polar surface area (TPSA) is 13.1 Å². The van der Waals surface area contributed by atoms with E-state index in [2.05, 4.69) is 62.4 Å². The summed E-state index contributed by atoms with van der Waals surface area (Å²) < 4.78 is 5.95. The molecule has 0 radical (unpaired) electrons. The zero-order chi connectivity index (χ0) is 14.4. The minimum absolute atomic E-state index is 0.954. The Morgan fingerprint density at radius 1 is 0.714 bits per heavy atom. The molecule has 0 aliphatic carbocycles. The first kappa shape index (κ1) is 12.2. The van der Waals surface area contributed by atoms with Crippen LogP contribution < -0.4 is 0 Å². The lowest BCUT2D eigenvalue weighted by atomic mass is 10.0. The van der Waals surface area contributed by atoms with Crippen LogP contribution in [0.2, 0.25) is 0 Å². The lowest BCUT2D eigenvalue weighted by molar-refractivity contribution is 0.669. The van der Waals surface area contributed by atoms with Crippen LogP contribution in [-0.2, 0) is 0 Å². The number of fused-ring (bicyclic) bond motifs is 3. The number of hydrogen-bond donors (Lipinski definition) is 0. The van der Waals surface area contributed by atoms with Crippen molar-refractivity contribution in [1.29, 1.82) is 0 Å². The largest absolute Gasteiger partial charge is 0.456 e. The van der Waals surface area contributed by atoms with Crippen molar-refractivity contribution in [3.8, 4) is 11.1 Å². The van der Waals surface area contributed by atoms with Crippen LogP contribution in [0.25, 0.3) is 33.1 Å². The molecule has 0 bridgehead atoms. The summed E-state index contributed by atoms with van der Waals surface area (Å²) in [7, 11) is 0. The van der Waals surface area contributed by atoms with Crippen molar-refractivity contribution in [2.24, 2.45) is 0 Å². The van der Waals surface area contributed by atoms with Crippen molar-refractivity contribution in [3.63, 3.8) is 0 Å². The average Bonchev–Trinajstić information content (AvgIpc) is 2.86. The van der Waals surface area contributed by atoms with Gasteiger partial charge in [0, 0.05) is 10.8 Å². The SMILES string of the molecule is Cc1cccc(-c2ccc3oc4cccc(C)c4c3c2)c1. The van der Waals surface area contributed by atoms with Gasteiger partial charge in [0.15, 0.2) is 0 Å². The summed E-state index contributed by atoms with van der Waals surface area (Å²) in [6.45, 7) is 4.26. The summed E-state index contributed by atoms with van der Waals surface area (Å²) in [6, 6.07) is 21.3. The van der Waals surface area contributed by atoms with Gasteiger partial charge in [0.2, 0.25) is 0 Å². The van der Waals surface area contributed by atoms with Crippen molar-refractivity contribution in [1.82, 2.24) is 0 Å². The highest BCUT2D eigenvalue weighted by atomic mass is 16.3. The van der Waals surface area contributed by atoms with Crippen LogP contribution in [-0.4, -0.2) is 0 Å². The van der Waals surface area contributed by atoms with Gasteiger partial charge in [-0.1, -0.05) is 48.0 Å². The molecule has 1 nitrogen and oxygen atoms in total. The fraction of sp³-hybridized carbons (Fsp3) is 0.100. The minimum Gasteiger partial charge on any atom is -0.456 e. The van der Waals surface area contributed by atoms with Gasteiger partial charge in [-0.3, -0.25) is 0 Å². The molecule has 1 aromatic heterocycles. The van der Waals surface area contributed by atoms with E-state index in [1.807, 2.05) is 12.1 Å². The maximum Gasteiger partial charge on any atom is 0.135 e. The molecule has 0 amide bonds. The molecule has 0 N–H and O–H groups in total. The molecule has 0 aliphatic heterocycles. The Hall–Kier alpha value is -2.54. The first-order valence-electron chi connectivity index (χ1n) is 7.21. The third kappa shape index (κ3) is 1.93. The molecule has 0 spiro atoms. The number of aryl methyl sites for hydroxylation is 2. The standard InChI is InChI=1S/C20H16O/c1-13-5-3-7-15(11-13)16-9-10-18-17(12-16)20-14(2)6-4-8-19(20)21-18/h3-12H,1-2H3. The molecule has 0 fully saturated rings. The molecule has 0 aliphatic rings. The minimum atomic E-state index is 0.954. The molecule has 1 heterocycles. The summed E-state index contributed by atoms with van der Waals surface area (Å²) in [5, 5.41) is 2.42. The van der Waals surface area contributed by atoms with Crippen LogP contribution in [0.15, 0.2) is 65.1 Å². The molecular formula is C20H16O. The Labute approximate surface area is 123 Å². The number of rotatable bonds is 1. The van der Waals surface area contributed by atoms with Gasteiger partial charge in [-0.2, -0.15) is 0 Å². The summed E-state index contributed by atoms with van der Waals surface area (Å²) >= 11 is 0. The first-order chi connectivity index (χ1) is 10.2. The van der Waals surface area contributed by atoms with E-state index in [1.54, 1.807) is 0 Å². The second-order valence-corrected chi connectivity index (χ2v) is 5.63. The summed E-state index contributed by atoms with van der Waals surface area (Å²) in [4.78, 5) is 0. The maximum atomic E-state index is 5.95. The number of furan rings is 1. The molecule has 0 saturated heterocycles. The molecule has 4 rings (SSSR count). The smallest absolute Gasteiger partial charge is 0.135 e. The van der Waals surface area contributed by atoms with Gasteiger partial charge in [-0.25, -0.2) is 0 Å². The first-order valence-corrected chi connectivity index (χ1v) is 7.21. The van der Waals surface area contributed by atoms with Gasteiger partial charge in [0.05, 0.1) is 0 Å². The second-order valence-electron chi connectivity index (χ2n) is 5.63. The number of benzene rings is 3. The summed E-state index contributed by atoms with van der Waals surface area (Å²) in [6.07, 6.45) is 0. The van der Waals surface area contributed by atoms with Gasteiger partial charge in [0.1, 0.15) is 11.2 Å². The van der Waals surface area contributed by atoms with E-state index in [-0.39, 0.29) is 0 Å². The zero-order valence-corrected chi connectivity index (χ0v) is 12.2. The predicted molar refractivity (Wildman–Crippen MR) is 88.6 cm³/mol. The van der Waals surface area contributed by atoms with Crippen LogP contribution in [0.4, 0.5) is 0 Å². The molecule has 0 saturated carbocycles. The normalized spacial score (nSPS) is 11.3. The Morgan fingerprint density at radius 2 is 1.52 bits per heavy atom. The van der Waals surface area contributed by atoms with E-state index < -0.39 is 0 Å². The highest BCUT2D eigenvalue weighted by Gasteiger charge is 2.10. The van der Waals surface area contributed by atoms with Crippen LogP contribution in [0.3, 0.4) is 0 Å². The van der Waals surface area contributed by atoms with E-state index >= 15 is 0 Å². The van der Waals surface area contributed by atoms with Crippen molar-refractivity contribution >= 4 is 21.9 Å². The highest BCUT2D eigenvalue weighted by molar-refractivity contribution is 6.07. The fourth-order valence-electron chi connectivity index (χ4n) is 3.01. The Bertz CT molecular complexity index is 960. The monoisotopic (exact) mass is 272 g/mol. The lowest BCUT2D eigenvalue weighted by Crippen LogP contribution is -1.80. The van der Waals surface area contributed by atoms with Gasteiger partial charge in [-0.05, 0) is 48.7 Å². The van der Waals surface area contributed by atoms with Crippen LogP contribution in [0.5, 0.6) is 0 Å². The maximum absolute atomic E-state index is 5.95. The third-order valence-corrected chi connectivity index (χ3v) is 4.05. The Balaban J connectivity index is 2.03. The third-order valence-electron chi connectivity index (χ3n) is 4.05. The van der Waals surface area contributed by atoms with Crippen molar-refractivity contribution in [2.45, 2.75) is 13.8 Å². The molecule has 102 valence electrons. The molecule has 3 aromatic carbocycles. The molecular weight excluding hydrogens is 256 g/mol. The van der Waals surface area contributed by atoms with Crippen LogP contribution in [0, 0.1) is 13.8 Å². The molecule has 4 aromatic rings. The van der Waals surface area contributed by atoms with E-state index in [0.29, 0.717) is 0 Å². The molecule has 0 unspecified atom stereocenters. The van der Waals surface area contributed by atoms with E-state index in [9.17, 15) is 0 Å². The van der Waals surface area contributed by atoms with E-state index in [1.165, 1.54) is 33.0 Å². The zero-order valence-electron chi connectivity index (χ0n) is 12.2. The average molecular weight is 272 g/mol. The summed E-state index contributed by atoms with van der Waals surface area (Å²) in [5.41, 5.74) is 6.94. The second kappa shape index (κ2) is 4.49. The van der Waals surface area contributed by atoms with Gasteiger partial charge in [0.25, 0.3) is 0 Å². The molecule has 21 heavy (non-hydrogen) atoms. The Kier molecular flexibility index (Phi) is 2.61. The van der Waals surface area contributed by atoms with Gasteiger partial charge >= 0.3 is 0 Å². The predicted octanol–water partition coefficient (Wildman–Crippen LogP) is 5.87. The van der Waals surface area contributed by atoms with E-state index in [0.717, 1.165) is 11.2 Å². The van der Waals surface area contributed by atoms with Gasteiger partial charge in [-0.15, -0.1) is 0 Å². The van der Waals surface area contributed by atoms with E-state index in [4.69, 9.17) is 4.42 Å². The lowest BCUT2D eigenvalue weighted by Gasteiger charge is -2.03. The molecule has 0 atom stereocenters. The van der Waals surface area contributed by atoms with Crippen molar-refractivity contribution < 1.29 is 4.42 Å². The number of hydrogen-bond acceptors (Lipinski definition) is 1. The van der Waals surface area contributed by atoms with Crippen LogP contribution >= 0.6 is 0 Å². The Morgan fingerprint density at radius 3 is 2.38 bits per heavy atom. The highest BCUT2D eigenvalue weighted by Crippen LogP contribution is 2.34. The summed E-state index contributed by atoms with van der Waals surface area (Å²) in [5.74, 6) is 0. The van der Waals surface area contributed by atoms with Gasteiger partial charge < -0.3 is 4.42 Å². The van der Waals surface area contributed by atoms with Crippen molar-refractivity contribution in [3.05, 3.63) is 71.8 Å².